The third-order valence-electron chi connectivity index (χ3n) is 5.17. The molecule has 0 bridgehead atoms. The highest BCUT2D eigenvalue weighted by Crippen LogP contribution is 2.30. The number of nitrogens with zero attached hydrogens (tertiary/aromatic N) is 2. The SMILES string of the molecule is Cc1ccc(S(=O)(=O)OC=C(Cn2ccnc2)c2ccccc2OCc2ccc(Cl)cc2Cl)cc1. The molecule has 0 saturated carbocycles. The van der Waals surface area contributed by atoms with Crippen LogP contribution in [0.5, 0.6) is 5.75 Å². The number of aryl methyl sites for hydroxylation is 1. The first-order valence-electron chi connectivity index (χ1n) is 10.6. The number of para-hydroxylation sites is 1. The summed E-state index contributed by atoms with van der Waals surface area (Å²) in [6, 6.07) is 19.0. The Bertz CT molecular complexity index is 1430. The summed E-state index contributed by atoms with van der Waals surface area (Å²) in [4.78, 5) is 4.14. The average molecular weight is 529 g/mol. The van der Waals surface area contributed by atoms with E-state index in [1.165, 1.54) is 18.4 Å². The van der Waals surface area contributed by atoms with E-state index in [0.29, 0.717) is 33.5 Å². The number of imidazole rings is 1. The summed E-state index contributed by atoms with van der Waals surface area (Å²) in [6.45, 7) is 2.40. The summed E-state index contributed by atoms with van der Waals surface area (Å²) < 4.78 is 38.8. The van der Waals surface area contributed by atoms with Crippen molar-refractivity contribution in [1.29, 1.82) is 0 Å². The average Bonchev–Trinajstić information content (AvgIpc) is 3.35. The molecule has 4 aromatic rings. The van der Waals surface area contributed by atoms with Crippen LogP contribution in [0.15, 0.2) is 96.6 Å². The molecule has 0 atom stereocenters. The van der Waals surface area contributed by atoms with Crippen molar-refractivity contribution in [3.05, 3.63) is 118 Å². The quantitative estimate of drug-likeness (QED) is 0.182. The minimum atomic E-state index is -4.01. The molecular weight excluding hydrogens is 507 g/mol. The molecule has 35 heavy (non-hydrogen) atoms. The molecule has 3 aromatic carbocycles. The zero-order valence-electron chi connectivity index (χ0n) is 18.8. The predicted molar refractivity (Wildman–Crippen MR) is 137 cm³/mol. The van der Waals surface area contributed by atoms with Crippen LogP contribution >= 0.6 is 23.2 Å². The summed E-state index contributed by atoms with van der Waals surface area (Å²) in [7, 11) is -4.01. The highest BCUT2D eigenvalue weighted by molar-refractivity contribution is 7.86. The van der Waals surface area contributed by atoms with Gasteiger partial charge in [-0.2, -0.15) is 8.42 Å². The lowest BCUT2D eigenvalue weighted by molar-refractivity contribution is 0.305. The predicted octanol–water partition coefficient (Wildman–Crippen LogP) is 6.52. The van der Waals surface area contributed by atoms with Crippen molar-refractivity contribution >= 4 is 38.9 Å². The minimum absolute atomic E-state index is 0.0725. The van der Waals surface area contributed by atoms with Gasteiger partial charge in [0.2, 0.25) is 0 Å². The number of hydrogen-bond donors (Lipinski definition) is 0. The maximum atomic E-state index is 12.8. The highest BCUT2D eigenvalue weighted by Gasteiger charge is 2.17. The number of allylic oxidation sites excluding steroid dienone is 1. The molecule has 0 N–H and O–H groups in total. The fraction of sp³-hybridized carbons (Fsp3) is 0.115. The van der Waals surface area contributed by atoms with Crippen LogP contribution in [0.25, 0.3) is 5.57 Å². The molecule has 1 heterocycles. The molecule has 180 valence electrons. The zero-order valence-corrected chi connectivity index (χ0v) is 21.1. The molecule has 0 spiro atoms. The Balaban J connectivity index is 1.64. The van der Waals surface area contributed by atoms with Crippen molar-refractivity contribution < 1.29 is 17.3 Å². The van der Waals surface area contributed by atoms with Gasteiger partial charge in [-0.25, -0.2) is 4.98 Å². The number of aromatic nitrogens is 2. The molecule has 1 aromatic heterocycles. The van der Waals surface area contributed by atoms with Crippen LogP contribution in [0.4, 0.5) is 0 Å². The van der Waals surface area contributed by atoms with Crippen molar-refractivity contribution in [3.63, 3.8) is 0 Å². The lowest BCUT2D eigenvalue weighted by Gasteiger charge is -2.15. The van der Waals surface area contributed by atoms with Crippen molar-refractivity contribution in [2.75, 3.05) is 0 Å². The molecule has 0 aliphatic carbocycles. The molecule has 0 aliphatic rings. The minimum Gasteiger partial charge on any atom is -0.488 e. The number of benzene rings is 3. The summed E-state index contributed by atoms with van der Waals surface area (Å²) in [6.07, 6.45) is 6.30. The van der Waals surface area contributed by atoms with E-state index in [9.17, 15) is 8.42 Å². The van der Waals surface area contributed by atoms with E-state index in [-0.39, 0.29) is 11.5 Å². The lowest BCUT2D eigenvalue weighted by Crippen LogP contribution is -2.06. The molecule has 0 fully saturated rings. The van der Waals surface area contributed by atoms with Gasteiger partial charge in [-0.05, 0) is 37.3 Å². The Hall–Kier alpha value is -3.26. The largest absolute Gasteiger partial charge is 0.488 e. The smallest absolute Gasteiger partial charge is 0.338 e. The standard InChI is InChI=1S/C26H22Cl2N2O4S/c1-19-6-10-23(11-7-19)35(31,32)34-17-21(15-30-13-12-29-18-30)24-4-2-3-5-26(24)33-16-20-8-9-22(27)14-25(20)28/h2-14,17-18H,15-16H2,1H3. The number of rotatable bonds is 9. The number of halogens is 2. The Morgan fingerprint density at radius 1 is 1.06 bits per heavy atom. The van der Waals surface area contributed by atoms with Gasteiger partial charge in [-0.1, -0.05) is 65.2 Å². The fourth-order valence-electron chi connectivity index (χ4n) is 3.30. The van der Waals surface area contributed by atoms with Gasteiger partial charge in [-0.15, -0.1) is 0 Å². The van der Waals surface area contributed by atoms with Gasteiger partial charge in [0.1, 0.15) is 23.5 Å². The summed E-state index contributed by atoms with van der Waals surface area (Å²) in [5.74, 6) is 0.543. The summed E-state index contributed by atoms with van der Waals surface area (Å²) in [5, 5.41) is 1.04. The first-order valence-corrected chi connectivity index (χ1v) is 12.8. The molecule has 0 radical (unpaired) electrons. The maximum Gasteiger partial charge on any atom is 0.338 e. The van der Waals surface area contributed by atoms with Gasteiger partial charge in [0, 0.05) is 39.1 Å². The molecule has 0 aliphatic heterocycles. The molecular formula is C26H22Cl2N2O4S. The molecule has 4 rings (SSSR count). The van der Waals surface area contributed by atoms with E-state index in [1.807, 2.05) is 25.1 Å². The van der Waals surface area contributed by atoms with Gasteiger partial charge in [0.25, 0.3) is 0 Å². The van der Waals surface area contributed by atoms with Gasteiger partial charge < -0.3 is 13.5 Å². The molecule has 6 nitrogen and oxygen atoms in total. The van der Waals surface area contributed by atoms with Crippen LogP contribution in [0.2, 0.25) is 10.0 Å². The third-order valence-corrected chi connectivity index (χ3v) is 6.96. The molecule has 0 saturated heterocycles. The number of ether oxygens (including phenoxy) is 1. The zero-order chi connectivity index (χ0) is 24.8. The van der Waals surface area contributed by atoms with Crippen molar-refractivity contribution in [3.8, 4) is 5.75 Å². The van der Waals surface area contributed by atoms with E-state index >= 15 is 0 Å². The summed E-state index contributed by atoms with van der Waals surface area (Å²) in [5.41, 5.74) is 2.97. The monoisotopic (exact) mass is 528 g/mol. The molecule has 0 amide bonds. The second-order valence-corrected chi connectivity index (χ2v) is 10.2. The maximum absolute atomic E-state index is 12.8. The Kier molecular flexibility index (Phi) is 7.80. The van der Waals surface area contributed by atoms with Gasteiger partial charge >= 0.3 is 10.1 Å². The summed E-state index contributed by atoms with van der Waals surface area (Å²) >= 11 is 12.3. The fourth-order valence-corrected chi connectivity index (χ4v) is 4.58. The highest BCUT2D eigenvalue weighted by atomic mass is 35.5. The second-order valence-electron chi connectivity index (χ2n) is 7.76. The van der Waals surface area contributed by atoms with Crippen LogP contribution < -0.4 is 4.74 Å². The topological polar surface area (TPSA) is 70.4 Å². The van der Waals surface area contributed by atoms with Crippen molar-refractivity contribution in [2.24, 2.45) is 0 Å². The van der Waals surface area contributed by atoms with Crippen LogP contribution in [-0.2, 0) is 27.5 Å². The van der Waals surface area contributed by atoms with E-state index in [2.05, 4.69) is 4.98 Å². The lowest BCUT2D eigenvalue weighted by atomic mass is 10.1. The van der Waals surface area contributed by atoms with Gasteiger partial charge in [-0.3, -0.25) is 0 Å². The van der Waals surface area contributed by atoms with Crippen LogP contribution in [-0.4, -0.2) is 18.0 Å². The van der Waals surface area contributed by atoms with Gasteiger partial charge in [0.15, 0.2) is 0 Å². The molecule has 9 heteroatoms. The van der Waals surface area contributed by atoms with Crippen LogP contribution in [0, 0.1) is 6.92 Å². The Morgan fingerprint density at radius 2 is 1.83 bits per heavy atom. The van der Waals surface area contributed by atoms with Crippen molar-refractivity contribution in [1.82, 2.24) is 9.55 Å². The third kappa shape index (κ3) is 6.45. The van der Waals surface area contributed by atoms with E-state index < -0.39 is 10.1 Å². The van der Waals surface area contributed by atoms with Crippen molar-refractivity contribution in [2.45, 2.75) is 25.0 Å². The first-order chi connectivity index (χ1) is 16.8. The normalized spacial score (nSPS) is 11.9. The van der Waals surface area contributed by atoms with E-state index in [1.54, 1.807) is 59.7 Å². The Labute approximate surface area is 214 Å². The molecule has 0 unspecified atom stereocenters. The second kappa shape index (κ2) is 11.0. The van der Waals surface area contributed by atoms with E-state index in [0.717, 1.165) is 11.1 Å². The van der Waals surface area contributed by atoms with Crippen LogP contribution in [0.1, 0.15) is 16.7 Å². The van der Waals surface area contributed by atoms with Crippen LogP contribution in [0.3, 0.4) is 0 Å². The Morgan fingerprint density at radius 3 is 2.54 bits per heavy atom. The number of hydrogen-bond acceptors (Lipinski definition) is 5. The van der Waals surface area contributed by atoms with Gasteiger partial charge in [0.05, 0.1) is 12.9 Å². The first kappa shape index (κ1) is 24.9. The van der Waals surface area contributed by atoms with E-state index in [4.69, 9.17) is 32.1 Å².